The number of hydrogen-bond donors (Lipinski definition) is 1. The van der Waals surface area contributed by atoms with Gasteiger partial charge in [0.05, 0.1) is 41.8 Å². The molecule has 1 N–H and O–H groups in total. The van der Waals surface area contributed by atoms with E-state index in [0.717, 1.165) is 48.9 Å². The zero-order chi connectivity index (χ0) is 21.0. The quantitative estimate of drug-likeness (QED) is 0.683. The van der Waals surface area contributed by atoms with Gasteiger partial charge in [0.25, 0.3) is 0 Å². The summed E-state index contributed by atoms with van der Waals surface area (Å²) in [5.74, 6) is 0.223. The lowest BCUT2D eigenvalue weighted by Gasteiger charge is -2.25. The SMILES string of the molecule is Cn1c(CN2CCOCC2)nnc1SCC(=O)Nc1cc(C(F)(F)F)ccc1Cl. The lowest BCUT2D eigenvalue weighted by molar-refractivity contribution is -0.137. The van der Waals surface area contributed by atoms with Crippen molar-refractivity contribution in [3.63, 3.8) is 0 Å². The van der Waals surface area contributed by atoms with E-state index in [1.165, 1.54) is 0 Å². The van der Waals surface area contributed by atoms with Gasteiger partial charge in [0.15, 0.2) is 5.16 Å². The van der Waals surface area contributed by atoms with Crippen LogP contribution in [0.5, 0.6) is 0 Å². The van der Waals surface area contributed by atoms with Crippen LogP contribution in [-0.2, 0) is 29.3 Å². The minimum Gasteiger partial charge on any atom is -0.379 e. The van der Waals surface area contributed by atoms with Gasteiger partial charge in [0.1, 0.15) is 5.82 Å². The summed E-state index contributed by atoms with van der Waals surface area (Å²) in [6, 6.07) is 2.78. The number of anilines is 1. The summed E-state index contributed by atoms with van der Waals surface area (Å²) in [5, 5.41) is 11.2. The van der Waals surface area contributed by atoms with Gasteiger partial charge in [-0.05, 0) is 18.2 Å². The van der Waals surface area contributed by atoms with E-state index in [-0.39, 0.29) is 16.5 Å². The second-order valence-corrected chi connectivity index (χ2v) is 7.73. The Morgan fingerprint density at radius 3 is 2.72 bits per heavy atom. The van der Waals surface area contributed by atoms with Gasteiger partial charge in [-0.1, -0.05) is 23.4 Å². The van der Waals surface area contributed by atoms with Crippen molar-refractivity contribution in [3.05, 3.63) is 34.6 Å². The average Bonchev–Trinajstić information content (AvgIpc) is 3.01. The molecule has 1 amide bonds. The number of nitrogens with one attached hydrogen (secondary N) is 1. The van der Waals surface area contributed by atoms with Gasteiger partial charge in [0, 0.05) is 20.1 Å². The maximum Gasteiger partial charge on any atom is 0.416 e. The molecule has 1 aliphatic heterocycles. The Morgan fingerprint density at radius 1 is 1.31 bits per heavy atom. The van der Waals surface area contributed by atoms with Crippen molar-refractivity contribution in [2.75, 3.05) is 37.4 Å². The Labute approximate surface area is 174 Å². The first-order valence-electron chi connectivity index (χ1n) is 8.72. The fourth-order valence-electron chi connectivity index (χ4n) is 2.68. The number of hydrogen-bond acceptors (Lipinski definition) is 6. The lowest BCUT2D eigenvalue weighted by Crippen LogP contribution is -2.36. The first-order valence-corrected chi connectivity index (χ1v) is 10.1. The fraction of sp³-hybridized carbons (Fsp3) is 0.471. The molecule has 0 aliphatic carbocycles. The summed E-state index contributed by atoms with van der Waals surface area (Å²) in [6.07, 6.45) is -4.52. The van der Waals surface area contributed by atoms with Crippen molar-refractivity contribution < 1.29 is 22.7 Å². The van der Waals surface area contributed by atoms with Crippen molar-refractivity contribution in [1.82, 2.24) is 19.7 Å². The Kier molecular flexibility index (Phi) is 7.04. The third kappa shape index (κ3) is 5.84. The van der Waals surface area contributed by atoms with Crippen LogP contribution in [0, 0.1) is 0 Å². The zero-order valence-electron chi connectivity index (χ0n) is 15.5. The van der Waals surface area contributed by atoms with E-state index in [0.29, 0.717) is 24.9 Å². The smallest absolute Gasteiger partial charge is 0.379 e. The number of thioether (sulfide) groups is 1. The van der Waals surface area contributed by atoms with E-state index >= 15 is 0 Å². The highest BCUT2D eigenvalue weighted by Gasteiger charge is 2.31. The van der Waals surface area contributed by atoms with Gasteiger partial charge < -0.3 is 14.6 Å². The number of carbonyl (C=O) groups excluding carboxylic acids is 1. The van der Waals surface area contributed by atoms with E-state index < -0.39 is 17.6 Å². The van der Waals surface area contributed by atoms with Crippen LogP contribution < -0.4 is 5.32 Å². The standard InChI is InChI=1S/C17H19ClF3N5O2S/c1-25-14(9-26-4-6-28-7-5-26)23-24-16(25)29-10-15(27)22-13-8-11(17(19,20)21)2-3-12(13)18/h2-3,8H,4-7,9-10H2,1H3,(H,22,27). The zero-order valence-corrected chi connectivity index (χ0v) is 17.1. The van der Waals surface area contributed by atoms with Crippen LogP contribution in [0.3, 0.4) is 0 Å². The van der Waals surface area contributed by atoms with Crippen molar-refractivity contribution >= 4 is 35.0 Å². The largest absolute Gasteiger partial charge is 0.416 e. The predicted octanol–water partition coefficient (Wildman–Crippen LogP) is 3.05. The van der Waals surface area contributed by atoms with Crippen LogP contribution >= 0.6 is 23.4 Å². The van der Waals surface area contributed by atoms with E-state index in [4.69, 9.17) is 16.3 Å². The number of ether oxygens (including phenoxy) is 1. The highest BCUT2D eigenvalue weighted by molar-refractivity contribution is 7.99. The maximum atomic E-state index is 12.8. The van der Waals surface area contributed by atoms with Crippen molar-refractivity contribution in [1.29, 1.82) is 0 Å². The topological polar surface area (TPSA) is 72.3 Å². The molecule has 2 aromatic rings. The van der Waals surface area contributed by atoms with Gasteiger partial charge in [-0.25, -0.2) is 0 Å². The van der Waals surface area contributed by atoms with Gasteiger partial charge in [-0.15, -0.1) is 10.2 Å². The minimum atomic E-state index is -4.52. The number of carbonyl (C=O) groups is 1. The summed E-state index contributed by atoms with van der Waals surface area (Å²) in [5.41, 5.74) is -0.969. The number of morpholine rings is 1. The Morgan fingerprint density at radius 2 is 2.03 bits per heavy atom. The lowest BCUT2D eigenvalue weighted by atomic mass is 10.2. The molecule has 158 valence electrons. The number of aromatic nitrogens is 3. The summed E-state index contributed by atoms with van der Waals surface area (Å²) < 4.78 is 45.6. The van der Waals surface area contributed by atoms with Gasteiger partial charge in [-0.3, -0.25) is 9.69 Å². The van der Waals surface area contributed by atoms with Gasteiger partial charge in [0.2, 0.25) is 5.91 Å². The fourth-order valence-corrected chi connectivity index (χ4v) is 3.58. The van der Waals surface area contributed by atoms with Crippen LogP contribution in [0.25, 0.3) is 0 Å². The molecule has 0 bridgehead atoms. The van der Waals surface area contributed by atoms with E-state index in [2.05, 4.69) is 20.4 Å². The highest BCUT2D eigenvalue weighted by atomic mass is 35.5. The molecule has 0 radical (unpaired) electrons. The van der Waals surface area contributed by atoms with Crippen LogP contribution in [0.4, 0.5) is 18.9 Å². The normalized spacial score (nSPS) is 15.5. The summed E-state index contributed by atoms with van der Waals surface area (Å²) in [6.45, 7) is 3.61. The predicted molar refractivity (Wildman–Crippen MR) is 103 cm³/mol. The molecule has 29 heavy (non-hydrogen) atoms. The second kappa shape index (κ2) is 9.33. The molecule has 1 aromatic heterocycles. The third-order valence-electron chi connectivity index (χ3n) is 4.29. The molecule has 3 rings (SSSR count). The molecule has 12 heteroatoms. The van der Waals surface area contributed by atoms with Crippen molar-refractivity contribution in [2.45, 2.75) is 17.9 Å². The van der Waals surface area contributed by atoms with Crippen LogP contribution in [0.1, 0.15) is 11.4 Å². The summed E-state index contributed by atoms with van der Waals surface area (Å²) >= 11 is 7.04. The van der Waals surface area contributed by atoms with Crippen LogP contribution in [0.2, 0.25) is 5.02 Å². The van der Waals surface area contributed by atoms with Crippen molar-refractivity contribution in [3.8, 4) is 0 Å². The number of benzene rings is 1. The average molecular weight is 450 g/mol. The number of amides is 1. The molecule has 1 fully saturated rings. The van der Waals surface area contributed by atoms with Crippen molar-refractivity contribution in [2.24, 2.45) is 7.05 Å². The van der Waals surface area contributed by atoms with Gasteiger partial charge in [-0.2, -0.15) is 13.2 Å². The highest BCUT2D eigenvalue weighted by Crippen LogP contribution is 2.34. The number of halogens is 4. The first-order chi connectivity index (χ1) is 13.7. The summed E-state index contributed by atoms with van der Waals surface area (Å²) in [7, 11) is 1.81. The second-order valence-electron chi connectivity index (χ2n) is 6.38. The van der Waals surface area contributed by atoms with E-state index in [9.17, 15) is 18.0 Å². The van der Waals surface area contributed by atoms with Crippen LogP contribution in [0.15, 0.2) is 23.4 Å². The van der Waals surface area contributed by atoms with E-state index in [1.54, 1.807) is 11.6 Å². The number of alkyl halides is 3. The monoisotopic (exact) mass is 449 g/mol. The Bertz CT molecular complexity index is 871. The number of nitrogens with zero attached hydrogens (tertiary/aromatic N) is 4. The van der Waals surface area contributed by atoms with Gasteiger partial charge >= 0.3 is 6.18 Å². The molecular weight excluding hydrogens is 431 g/mol. The molecule has 1 aromatic carbocycles. The third-order valence-corrected chi connectivity index (χ3v) is 5.64. The Balaban J connectivity index is 1.57. The molecule has 0 unspecified atom stereocenters. The molecule has 1 aliphatic rings. The molecule has 0 spiro atoms. The Hall–Kier alpha value is -1.82. The number of rotatable bonds is 6. The molecule has 0 atom stereocenters. The summed E-state index contributed by atoms with van der Waals surface area (Å²) in [4.78, 5) is 14.4. The van der Waals surface area contributed by atoms with E-state index in [1.807, 2.05) is 0 Å². The molecule has 0 saturated carbocycles. The molecule has 1 saturated heterocycles. The molecular formula is C17H19ClF3N5O2S. The molecule has 7 nitrogen and oxygen atoms in total. The minimum absolute atomic E-state index is 0.0304. The first kappa shape index (κ1) is 21.9. The molecule has 2 heterocycles. The van der Waals surface area contributed by atoms with Crippen LogP contribution in [-0.4, -0.2) is 57.6 Å². The maximum absolute atomic E-state index is 12.8.